The molecule has 1 saturated heterocycles. The number of rotatable bonds is 5. The van der Waals surface area contributed by atoms with Crippen LogP contribution in [-0.2, 0) is 14.3 Å². The van der Waals surface area contributed by atoms with E-state index in [4.69, 9.17) is 13.9 Å². The Balaban J connectivity index is 1.64. The van der Waals surface area contributed by atoms with Crippen molar-refractivity contribution in [1.82, 2.24) is 4.90 Å². The standard InChI is InChI=1S/C28H31NO5/c1-17-6-7-21(18(2)12-17)24-16-34-26-15-25(32-4)22(14-23(24)26)19(3)13-27(30)29-10-8-20(9-11-29)28(31)33-5/h6-7,12-16,20H,8-11H2,1-5H3/b19-13+. The largest absolute Gasteiger partial charge is 0.496 e. The molecule has 1 aliphatic heterocycles. The van der Waals surface area contributed by atoms with E-state index in [1.165, 1.54) is 18.2 Å². The van der Waals surface area contributed by atoms with E-state index in [0.717, 1.165) is 33.2 Å². The van der Waals surface area contributed by atoms with Gasteiger partial charge in [0, 0.05) is 41.7 Å². The van der Waals surface area contributed by atoms with Crippen molar-refractivity contribution in [2.24, 2.45) is 5.92 Å². The van der Waals surface area contributed by atoms with Gasteiger partial charge < -0.3 is 18.8 Å². The van der Waals surface area contributed by atoms with Gasteiger partial charge >= 0.3 is 5.97 Å². The number of piperidine rings is 1. The third kappa shape index (κ3) is 4.58. The maximum Gasteiger partial charge on any atom is 0.308 e. The Kier molecular flexibility index (Phi) is 6.77. The van der Waals surface area contributed by atoms with E-state index >= 15 is 0 Å². The number of carbonyl (C=O) groups is 2. The third-order valence-electron chi connectivity index (χ3n) is 6.67. The number of furan rings is 1. The molecule has 4 rings (SSSR count). The summed E-state index contributed by atoms with van der Waals surface area (Å²) in [6.07, 6.45) is 4.67. The van der Waals surface area contributed by atoms with Gasteiger partial charge in [0.25, 0.3) is 0 Å². The topological polar surface area (TPSA) is 69.0 Å². The number of hydrogen-bond acceptors (Lipinski definition) is 5. The van der Waals surface area contributed by atoms with Gasteiger partial charge in [-0.2, -0.15) is 0 Å². The Morgan fingerprint density at radius 2 is 1.79 bits per heavy atom. The Bertz CT molecular complexity index is 1260. The number of ether oxygens (including phenoxy) is 2. The van der Waals surface area contributed by atoms with Crippen molar-refractivity contribution >= 4 is 28.4 Å². The number of amides is 1. The van der Waals surface area contributed by atoms with Crippen LogP contribution in [0, 0.1) is 19.8 Å². The molecule has 0 unspecified atom stereocenters. The normalized spacial score (nSPS) is 15.0. The second kappa shape index (κ2) is 9.75. The summed E-state index contributed by atoms with van der Waals surface area (Å²) in [5.74, 6) is 0.257. The summed E-state index contributed by atoms with van der Waals surface area (Å²) < 4.78 is 16.3. The molecular weight excluding hydrogens is 430 g/mol. The first-order valence-corrected chi connectivity index (χ1v) is 11.5. The molecule has 34 heavy (non-hydrogen) atoms. The zero-order valence-electron chi connectivity index (χ0n) is 20.4. The first-order valence-electron chi connectivity index (χ1n) is 11.5. The number of fused-ring (bicyclic) bond motifs is 1. The zero-order valence-corrected chi connectivity index (χ0v) is 20.4. The first kappa shape index (κ1) is 23.6. The predicted molar refractivity (Wildman–Crippen MR) is 133 cm³/mol. The molecule has 0 bridgehead atoms. The number of methoxy groups -OCH3 is 2. The van der Waals surface area contributed by atoms with Gasteiger partial charge in [-0.25, -0.2) is 0 Å². The van der Waals surface area contributed by atoms with E-state index in [1.54, 1.807) is 24.3 Å². The number of allylic oxidation sites excluding steroid dienone is 1. The number of aryl methyl sites for hydroxylation is 2. The lowest BCUT2D eigenvalue weighted by molar-refractivity contribution is -0.148. The first-order chi connectivity index (χ1) is 16.3. The monoisotopic (exact) mass is 461 g/mol. The van der Waals surface area contributed by atoms with Gasteiger partial charge in [0.15, 0.2) is 0 Å². The van der Waals surface area contributed by atoms with Crippen molar-refractivity contribution in [2.45, 2.75) is 33.6 Å². The number of nitrogens with zero attached hydrogens (tertiary/aromatic N) is 1. The summed E-state index contributed by atoms with van der Waals surface area (Å²) in [7, 11) is 3.02. The molecule has 1 aromatic heterocycles. The van der Waals surface area contributed by atoms with Crippen molar-refractivity contribution in [3.05, 3.63) is 59.4 Å². The van der Waals surface area contributed by atoms with Gasteiger partial charge in [0.1, 0.15) is 11.3 Å². The minimum absolute atomic E-state index is 0.0650. The van der Waals surface area contributed by atoms with Gasteiger partial charge in [-0.3, -0.25) is 9.59 Å². The van der Waals surface area contributed by atoms with Crippen LogP contribution in [0.1, 0.15) is 36.5 Å². The average molecular weight is 462 g/mol. The summed E-state index contributed by atoms with van der Waals surface area (Å²) in [5.41, 5.74) is 6.92. The zero-order chi connectivity index (χ0) is 24.4. The molecule has 178 valence electrons. The highest BCUT2D eigenvalue weighted by atomic mass is 16.5. The van der Waals surface area contributed by atoms with Gasteiger partial charge in [-0.15, -0.1) is 0 Å². The number of likely N-dealkylation sites (tertiary alicyclic amines) is 1. The SMILES string of the molecule is COC(=O)C1CCN(C(=O)/C=C(\C)c2cc3c(-c4ccc(C)cc4C)coc3cc2OC)CC1. The maximum atomic E-state index is 13.0. The maximum absolute atomic E-state index is 13.0. The minimum atomic E-state index is -0.198. The van der Waals surface area contributed by atoms with Crippen molar-refractivity contribution in [2.75, 3.05) is 27.3 Å². The van der Waals surface area contributed by atoms with Crippen molar-refractivity contribution in [3.63, 3.8) is 0 Å². The Morgan fingerprint density at radius 1 is 1.06 bits per heavy atom. The fourth-order valence-electron chi connectivity index (χ4n) is 4.71. The number of hydrogen-bond donors (Lipinski definition) is 0. The Labute approximate surface area is 200 Å². The lowest BCUT2D eigenvalue weighted by atomic mass is 9.95. The van der Waals surface area contributed by atoms with E-state index in [9.17, 15) is 9.59 Å². The predicted octanol–water partition coefficient (Wildman–Crippen LogP) is 5.54. The van der Waals surface area contributed by atoms with Crippen LogP contribution >= 0.6 is 0 Å². The van der Waals surface area contributed by atoms with E-state index in [-0.39, 0.29) is 17.8 Å². The van der Waals surface area contributed by atoms with Gasteiger partial charge in [0.2, 0.25) is 5.91 Å². The fourth-order valence-corrected chi connectivity index (χ4v) is 4.71. The number of esters is 1. The molecule has 0 radical (unpaired) electrons. The lowest BCUT2D eigenvalue weighted by Crippen LogP contribution is -2.39. The van der Waals surface area contributed by atoms with E-state index in [2.05, 4.69) is 32.0 Å². The summed E-state index contributed by atoms with van der Waals surface area (Å²) >= 11 is 0. The van der Waals surface area contributed by atoms with Crippen LogP contribution in [0.15, 0.2) is 47.1 Å². The smallest absolute Gasteiger partial charge is 0.308 e. The molecule has 6 nitrogen and oxygen atoms in total. The summed E-state index contributed by atoms with van der Waals surface area (Å²) in [6, 6.07) is 10.3. The quantitative estimate of drug-likeness (QED) is 0.369. The summed E-state index contributed by atoms with van der Waals surface area (Å²) in [6.45, 7) is 7.17. The van der Waals surface area contributed by atoms with E-state index in [0.29, 0.717) is 31.7 Å². The van der Waals surface area contributed by atoms with Gasteiger partial charge in [-0.1, -0.05) is 23.8 Å². The second-order valence-corrected chi connectivity index (χ2v) is 8.97. The molecule has 0 atom stereocenters. The average Bonchev–Trinajstić information content (AvgIpc) is 3.25. The van der Waals surface area contributed by atoms with Crippen LogP contribution in [0.5, 0.6) is 5.75 Å². The number of carbonyl (C=O) groups excluding carboxylic acids is 2. The molecule has 1 fully saturated rings. The molecule has 0 saturated carbocycles. The van der Waals surface area contributed by atoms with Crippen LogP contribution in [0.3, 0.4) is 0 Å². The third-order valence-corrected chi connectivity index (χ3v) is 6.67. The van der Waals surface area contributed by atoms with Crippen LogP contribution in [0.4, 0.5) is 0 Å². The molecule has 0 spiro atoms. The lowest BCUT2D eigenvalue weighted by Gasteiger charge is -2.30. The Morgan fingerprint density at radius 3 is 2.44 bits per heavy atom. The highest BCUT2D eigenvalue weighted by Gasteiger charge is 2.27. The van der Waals surface area contributed by atoms with Crippen LogP contribution in [0.25, 0.3) is 27.7 Å². The Hall–Kier alpha value is -3.54. The minimum Gasteiger partial charge on any atom is -0.496 e. The van der Waals surface area contributed by atoms with Crippen molar-refractivity contribution in [3.8, 4) is 16.9 Å². The van der Waals surface area contributed by atoms with Gasteiger partial charge in [-0.05, 0) is 56.4 Å². The van der Waals surface area contributed by atoms with Crippen LogP contribution in [0.2, 0.25) is 0 Å². The highest BCUT2D eigenvalue weighted by Crippen LogP contribution is 2.38. The summed E-state index contributed by atoms with van der Waals surface area (Å²) in [5, 5.41) is 0.974. The second-order valence-electron chi connectivity index (χ2n) is 8.97. The van der Waals surface area contributed by atoms with Crippen LogP contribution < -0.4 is 4.74 Å². The van der Waals surface area contributed by atoms with Crippen LogP contribution in [-0.4, -0.2) is 44.1 Å². The molecule has 6 heteroatoms. The highest BCUT2D eigenvalue weighted by molar-refractivity contribution is 6.00. The van der Waals surface area contributed by atoms with Crippen molar-refractivity contribution in [1.29, 1.82) is 0 Å². The van der Waals surface area contributed by atoms with Crippen molar-refractivity contribution < 1.29 is 23.5 Å². The van der Waals surface area contributed by atoms with E-state index < -0.39 is 0 Å². The summed E-state index contributed by atoms with van der Waals surface area (Å²) in [4.78, 5) is 26.5. The molecule has 2 heterocycles. The molecule has 1 amide bonds. The molecule has 3 aromatic rings. The molecular formula is C28H31NO5. The molecule has 1 aliphatic rings. The van der Waals surface area contributed by atoms with E-state index in [1.807, 2.05) is 19.1 Å². The molecule has 2 aromatic carbocycles. The molecule has 0 aliphatic carbocycles. The molecule has 0 N–H and O–H groups in total. The number of benzene rings is 2. The van der Waals surface area contributed by atoms with Gasteiger partial charge in [0.05, 0.1) is 26.4 Å². The fraction of sp³-hybridized carbons (Fsp3) is 0.357.